The summed E-state index contributed by atoms with van der Waals surface area (Å²) in [7, 11) is -3.54. The molecular formula is C21H26N2O4S. The molecule has 1 amide bonds. The van der Waals surface area contributed by atoms with Gasteiger partial charge in [0.1, 0.15) is 5.75 Å². The van der Waals surface area contributed by atoms with Gasteiger partial charge in [0.25, 0.3) is 0 Å². The van der Waals surface area contributed by atoms with Crippen LogP contribution in [0.5, 0.6) is 5.75 Å². The Morgan fingerprint density at radius 1 is 0.964 bits per heavy atom. The lowest BCUT2D eigenvalue weighted by Crippen LogP contribution is -2.32. The number of hydrogen-bond acceptors (Lipinski definition) is 4. The van der Waals surface area contributed by atoms with E-state index in [2.05, 4.69) is 5.32 Å². The molecule has 1 N–H and O–H groups in total. The Hall–Kier alpha value is -2.38. The van der Waals surface area contributed by atoms with Gasteiger partial charge in [-0.2, -0.15) is 4.31 Å². The summed E-state index contributed by atoms with van der Waals surface area (Å²) in [5.41, 5.74) is 0.473. The number of sulfonamides is 1. The lowest BCUT2D eigenvalue weighted by Gasteiger charge is -2.20. The van der Waals surface area contributed by atoms with Gasteiger partial charge in [-0.05, 0) is 43.2 Å². The third-order valence-electron chi connectivity index (χ3n) is 4.66. The molecule has 0 aromatic heterocycles. The average molecular weight is 403 g/mol. The number of carbonyl (C=O) groups excluding carboxylic acids is 1. The van der Waals surface area contributed by atoms with Gasteiger partial charge in [0, 0.05) is 18.8 Å². The molecule has 2 aromatic rings. The highest BCUT2D eigenvalue weighted by Crippen LogP contribution is 2.22. The fourth-order valence-corrected chi connectivity index (χ4v) is 4.73. The van der Waals surface area contributed by atoms with Gasteiger partial charge in [0.2, 0.25) is 15.9 Å². The van der Waals surface area contributed by atoms with Gasteiger partial charge in [0.05, 0.1) is 17.9 Å². The molecule has 7 heteroatoms. The van der Waals surface area contributed by atoms with E-state index in [0.29, 0.717) is 24.5 Å². The second-order valence-corrected chi connectivity index (χ2v) is 8.74. The quantitative estimate of drug-likeness (QED) is 0.767. The molecule has 0 atom stereocenters. The number of amides is 1. The number of carbonyl (C=O) groups is 1. The Morgan fingerprint density at radius 3 is 2.39 bits per heavy atom. The molecule has 1 aliphatic heterocycles. The number of ether oxygens (including phenoxy) is 1. The van der Waals surface area contributed by atoms with Gasteiger partial charge < -0.3 is 10.1 Å². The highest BCUT2D eigenvalue weighted by molar-refractivity contribution is 7.89. The third-order valence-corrected chi connectivity index (χ3v) is 6.56. The van der Waals surface area contributed by atoms with Crippen LogP contribution in [0.25, 0.3) is 0 Å². The van der Waals surface area contributed by atoms with Gasteiger partial charge in [-0.1, -0.05) is 37.1 Å². The summed E-state index contributed by atoms with van der Waals surface area (Å²) in [6.45, 7) is 1.35. The van der Waals surface area contributed by atoms with Gasteiger partial charge >= 0.3 is 0 Å². The van der Waals surface area contributed by atoms with Crippen LogP contribution in [0.3, 0.4) is 0 Å². The minimum atomic E-state index is -3.54. The van der Waals surface area contributed by atoms with E-state index >= 15 is 0 Å². The SMILES string of the molecule is O=C(CCOc1ccccc1)Nc1cccc(S(=O)(=O)N2CCCCCC2)c1. The zero-order chi connectivity index (χ0) is 19.8. The van der Waals surface area contributed by atoms with Gasteiger partial charge in [0.15, 0.2) is 0 Å². The van der Waals surface area contributed by atoms with Crippen LogP contribution < -0.4 is 10.1 Å². The standard InChI is InChI=1S/C21H26N2O4S/c24-21(13-16-27-19-10-4-3-5-11-19)22-18-9-8-12-20(17-18)28(25,26)23-14-6-1-2-7-15-23/h3-5,8-12,17H,1-2,6-7,13-16H2,(H,22,24). The molecule has 0 spiro atoms. The third kappa shape index (κ3) is 5.56. The number of nitrogens with zero attached hydrogens (tertiary/aromatic N) is 1. The fraction of sp³-hybridized carbons (Fsp3) is 0.381. The molecular weight excluding hydrogens is 376 g/mol. The van der Waals surface area contributed by atoms with Crippen LogP contribution in [0.1, 0.15) is 32.1 Å². The van der Waals surface area contributed by atoms with Crippen LogP contribution in [0.2, 0.25) is 0 Å². The summed E-state index contributed by atoms with van der Waals surface area (Å²) in [6.07, 6.45) is 4.08. The molecule has 0 saturated carbocycles. The minimum absolute atomic E-state index is 0.179. The summed E-state index contributed by atoms with van der Waals surface area (Å²) in [4.78, 5) is 12.4. The number of para-hydroxylation sites is 1. The van der Waals surface area contributed by atoms with Crippen molar-refractivity contribution in [3.05, 3.63) is 54.6 Å². The summed E-state index contributed by atoms with van der Waals surface area (Å²) < 4.78 is 32.9. The maximum Gasteiger partial charge on any atom is 0.243 e. The summed E-state index contributed by atoms with van der Waals surface area (Å²) >= 11 is 0. The minimum Gasteiger partial charge on any atom is -0.493 e. The number of hydrogen-bond donors (Lipinski definition) is 1. The molecule has 3 rings (SSSR count). The van der Waals surface area contributed by atoms with E-state index in [4.69, 9.17) is 4.74 Å². The summed E-state index contributed by atoms with van der Waals surface area (Å²) in [5.74, 6) is 0.487. The number of nitrogens with one attached hydrogen (secondary N) is 1. The second kappa shape index (κ2) is 9.71. The molecule has 1 fully saturated rings. The first-order valence-electron chi connectivity index (χ1n) is 9.64. The largest absolute Gasteiger partial charge is 0.493 e. The normalized spacial score (nSPS) is 15.6. The van der Waals surface area contributed by atoms with Crippen molar-refractivity contribution in [2.75, 3.05) is 25.0 Å². The molecule has 150 valence electrons. The first kappa shape index (κ1) is 20.4. The van der Waals surface area contributed by atoms with Crippen LogP contribution >= 0.6 is 0 Å². The van der Waals surface area contributed by atoms with E-state index in [9.17, 15) is 13.2 Å². The molecule has 1 heterocycles. The number of rotatable bonds is 7. The molecule has 0 unspecified atom stereocenters. The summed E-state index contributed by atoms with van der Waals surface area (Å²) in [6, 6.07) is 15.7. The topological polar surface area (TPSA) is 75.7 Å². The van der Waals surface area contributed by atoms with E-state index in [1.165, 1.54) is 6.07 Å². The Balaban J connectivity index is 1.58. The Labute approximate surface area is 166 Å². The van der Waals surface area contributed by atoms with E-state index in [1.54, 1.807) is 22.5 Å². The second-order valence-electron chi connectivity index (χ2n) is 6.81. The zero-order valence-corrected chi connectivity index (χ0v) is 16.7. The van der Waals surface area contributed by atoms with Crippen LogP contribution in [0, 0.1) is 0 Å². The maximum atomic E-state index is 12.9. The van der Waals surface area contributed by atoms with Crippen molar-refractivity contribution in [3.63, 3.8) is 0 Å². The molecule has 0 bridgehead atoms. The van der Waals surface area contributed by atoms with E-state index < -0.39 is 10.0 Å². The van der Waals surface area contributed by atoms with Crippen molar-refractivity contribution in [3.8, 4) is 5.75 Å². The Morgan fingerprint density at radius 2 is 1.68 bits per heavy atom. The van der Waals surface area contributed by atoms with E-state index in [1.807, 2.05) is 30.3 Å². The molecule has 28 heavy (non-hydrogen) atoms. The van der Waals surface area contributed by atoms with Crippen molar-refractivity contribution in [1.29, 1.82) is 0 Å². The van der Waals surface area contributed by atoms with Crippen molar-refractivity contribution in [2.24, 2.45) is 0 Å². The molecule has 0 radical (unpaired) electrons. The van der Waals surface area contributed by atoms with Crippen molar-refractivity contribution >= 4 is 21.6 Å². The molecule has 0 aliphatic carbocycles. The van der Waals surface area contributed by atoms with Gasteiger partial charge in [-0.3, -0.25) is 4.79 Å². The average Bonchev–Trinajstić information content (AvgIpc) is 2.99. The highest BCUT2D eigenvalue weighted by atomic mass is 32.2. The predicted octanol–water partition coefficient (Wildman–Crippen LogP) is 3.66. The molecule has 2 aromatic carbocycles. The first-order valence-corrected chi connectivity index (χ1v) is 11.1. The lowest BCUT2D eigenvalue weighted by atomic mass is 10.2. The smallest absolute Gasteiger partial charge is 0.243 e. The zero-order valence-electron chi connectivity index (χ0n) is 15.8. The predicted molar refractivity (Wildman–Crippen MR) is 109 cm³/mol. The molecule has 1 aliphatic rings. The molecule has 1 saturated heterocycles. The lowest BCUT2D eigenvalue weighted by molar-refractivity contribution is -0.116. The molecule has 6 nitrogen and oxygen atoms in total. The van der Waals surface area contributed by atoms with E-state index in [-0.39, 0.29) is 23.8 Å². The van der Waals surface area contributed by atoms with Gasteiger partial charge in [-0.15, -0.1) is 0 Å². The van der Waals surface area contributed by atoms with Crippen LogP contribution in [0.4, 0.5) is 5.69 Å². The fourth-order valence-electron chi connectivity index (χ4n) is 3.17. The summed E-state index contributed by atoms with van der Waals surface area (Å²) in [5, 5.41) is 2.75. The van der Waals surface area contributed by atoms with Crippen LogP contribution in [-0.4, -0.2) is 38.3 Å². The Kier molecular flexibility index (Phi) is 7.06. The monoisotopic (exact) mass is 402 g/mol. The Bertz CT molecular complexity index is 876. The maximum absolute atomic E-state index is 12.9. The van der Waals surface area contributed by atoms with Crippen molar-refractivity contribution in [1.82, 2.24) is 4.31 Å². The first-order chi connectivity index (χ1) is 13.6. The van der Waals surface area contributed by atoms with Crippen LogP contribution in [-0.2, 0) is 14.8 Å². The van der Waals surface area contributed by atoms with E-state index in [0.717, 1.165) is 25.7 Å². The van der Waals surface area contributed by atoms with Crippen molar-refractivity contribution < 1.29 is 17.9 Å². The van der Waals surface area contributed by atoms with Crippen LogP contribution in [0.15, 0.2) is 59.5 Å². The number of anilines is 1. The number of benzene rings is 2. The van der Waals surface area contributed by atoms with Crippen molar-refractivity contribution in [2.45, 2.75) is 37.0 Å². The highest BCUT2D eigenvalue weighted by Gasteiger charge is 2.25. The van der Waals surface area contributed by atoms with Gasteiger partial charge in [-0.25, -0.2) is 8.42 Å².